The highest BCUT2D eigenvalue weighted by Crippen LogP contribution is 2.32. The molecular weight excluding hydrogens is 384 g/mol. The number of benzene rings is 1. The lowest BCUT2D eigenvalue weighted by atomic mass is 10.2. The lowest BCUT2D eigenvalue weighted by molar-refractivity contribution is 0.0689. The largest absolute Gasteiger partial charge is 0.496 e. The molecule has 7 heteroatoms. The van der Waals surface area contributed by atoms with Crippen molar-refractivity contribution in [1.29, 1.82) is 0 Å². The molecule has 0 N–H and O–H groups in total. The number of likely N-dealkylation sites (tertiary alicyclic amines) is 1. The quantitative estimate of drug-likeness (QED) is 0.628. The summed E-state index contributed by atoms with van der Waals surface area (Å²) in [5.74, 6) is 0.794. The number of hydrogen-bond donors (Lipinski definition) is 0. The van der Waals surface area contributed by atoms with Gasteiger partial charge in [0.2, 0.25) is 0 Å². The first kappa shape index (κ1) is 21.7. The maximum Gasteiger partial charge on any atom is 0.273 e. The van der Waals surface area contributed by atoms with Crippen molar-refractivity contribution in [3.8, 4) is 16.3 Å². The van der Waals surface area contributed by atoms with Crippen LogP contribution in [0.25, 0.3) is 10.6 Å². The molecular formula is C22H32N4O2S. The maximum absolute atomic E-state index is 13.3. The van der Waals surface area contributed by atoms with Gasteiger partial charge >= 0.3 is 0 Å². The van der Waals surface area contributed by atoms with Crippen LogP contribution in [0.3, 0.4) is 0 Å². The average Bonchev–Trinajstić information content (AvgIpc) is 3.39. The molecule has 1 amide bonds. The second-order valence-corrected chi connectivity index (χ2v) is 8.58. The second kappa shape index (κ2) is 10.2. The Balaban J connectivity index is 1.79. The fourth-order valence-electron chi connectivity index (χ4n) is 3.85. The Morgan fingerprint density at radius 3 is 2.83 bits per heavy atom. The molecule has 1 atom stereocenters. The van der Waals surface area contributed by atoms with E-state index >= 15 is 0 Å². The minimum absolute atomic E-state index is 0.0206. The van der Waals surface area contributed by atoms with Crippen LogP contribution < -0.4 is 4.74 Å². The molecule has 1 unspecified atom stereocenters. The van der Waals surface area contributed by atoms with Crippen LogP contribution in [0.4, 0.5) is 0 Å². The summed E-state index contributed by atoms with van der Waals surface area (Å²) in [7, 11) is 5.74. The third-order valence-corrected chi connectivity index (χ3v) is 6.38. The standard InChI is InChI=1S/C22H32N4O2S/c1-5-25-12-8-9-17(25)15-26(14-13-24(2)3)22(27)19-16-29-21(23-19)18-10-6-7-11-20(18)28-4/h6-7,10-11,16-17H,5,8-9,12-15H2,1-4H3. The van der Waals surface area contributed by atoms with Gasteiger partial charge in [0.15, 0.2) is 0 Å². The first-order chi connectivity index (χ1) is 14.0. The molecule has 0 spiro atoms. The van der Waals surface area contributed by atoms with Crippen LogP contribution in [-0.2, 0) is 0 Å². The SMILES string of the molecule is CCN1CCCC1CN(CCN(C)C)C(=O)c1csc(-c2ccccc2OC)n1. The van der Waals surface area contributed by atoms with Gasteiger partial charge in [-0.25, -0.2) is 4.98 Å². The molecule has 29 heavy (non-hydrogen) atoms. The number of para-hydroxylation sites is 1. The van der Waals surface area contributed by atoms with Gasteiger partial charge in [-0.1, -0.05) is 19.1 Å². The van der Waals surface area contributed by atoms with Crippen LogP contribution in [0.2, 0.25) is 0 Å². The third-order valence-electron chi connectivity index (χ3n) is 5.50. The number of carbonyl (C=O) groups is 1. The third kappa shape index (κ3) is 5.35. The van der Waals surface area contributed by atoms with Crippen molar-refractivity contribution in [2.75, 3.05) is 53.9 Å². The topological polar surface area (TPSA) is 48.9 Å². The Morgan fingerprint density at radius 1 is 1.31 bits per heavy atom. The fourth-order valence-corrected chi connectivity index (χ4v) is 4.67. The van der Waals surface area contributed by atoms with E-state index in [4.69, 9.17) is 4.74 Å². The van der Waals surface area contributed by atoms with Gasteiger partial charge in [0.05, 0.1) is 12.7 Å². The van der Waals surface area contributed by atoms with Crippen molar-refractivity contribution in [2.45, 2.75) is 25.8 Å². The minimum atomic E-state index is 0.0206. The van der Waals surface area contributed by atoms with Gasteiger partial charge in [0, 0.05) is 31.1 Å². The summed E-state index contributed by atoms with van der Waals surface area (Å²) < 4.78 is 5.45. The number of hydrogen-bond acceptors (Lipinski definition) is 6. The zero-order valence-corrected chi connectivity index (χ0v) is 18.7. The van der Waals surface area contributed by atoms with Crippen molar-refractivity contribution in [2.24, 2.45) is 0 Å². The molecule has 1 saturated heterocycles. The number of methoxy groups -OCH3 is 1. The summed E-state index contributed by atoms with van der Waals surface area (Å²) in [6.45, 7) is 6.68. The highest BCUT2D eigenvalue weighted by molar-refractivity contribution is 7.13. The van der Waals surface area contributed by atoms with E-state index in [9.17, 15) is 4.79 Å². The monoisotopic (exact) mass is 416 g/mol. The zero-order valence-electron chi connectivity index (χ0n) is 17.9. The van der Waals surface area contributed by atoms with Crippen LogP contribution in [0.5, 0.6) is 5.75 Å². The molecule has 2 heterocycles. The fraction of sp³-hybridized carbons (Fsp3) is 0.545. The van der Waals surface area contributed by atoms with Crippen molar-refractivity contribution in [3.63, 3.8) is 0 Å². The number of rotatable bonds is 9. The van der Waals surface area contributed by atoms with Crippen LogP contribution >= 0.6 is 11.3 Å². The number of aromatic nitrogens is 1. The lowest BCUT2D eigenvalue weighted by Gasteiger charge is -2.30. The highest BCUT2D eigenvalue weighted by atomic mass is 32.1. The second-order valence-electron chi connectivity index (χ2n) is 7.72. The van der Waals surface area contributed by atoms with Crippen molar-refractivity contribution < 1.29 is 9.53 Å². The molecule has 3 rings (SSSR count). The minimum Gasteiger partial charge on any atom is -0.496 e. The summed E-state index contributed by atoms with van der Waals surface area (Å²) in [5, 5.41) is 2.69. The molecule has 1 fully saturated rings. The predicted octanol–water partition coefficient (Wildman–Crippen LogP) is 3.31. The van der Waals surface area contributed by atoms with Gasteiger partial charge in [-0.05, 0) is 52.2 Å². The van der Waals surface area contributed by atoms with E-state index in [-0.39, 0.29) is 5.91 Å². The van der Waals surface area contributed by atoms with E-state index in [2.05, 4.69) is 21.7 Å². The van der Waals surface area contributed by atoms with Crippen LogP contribution in [-0.4, -0.2) is 85.6 Å². The molecule has 0 radical (unpaired) electrons. The van der Waals surface area contributed by atoms with E-state index < -0.39 is 0 Å². The van der Waals surface area contributed by atoms with E-state index in [1.165, 1.54) is 17.8 Å². The number of nitrogens with zero attached hydrogens (tertiary/aromatic N) is 4. The molecule has 0 aliphatic carbocycles. The normalized spacial score (nSPS) is 17.1. The average molecular weight is 417 g/mol. The Hall–Kier alpha value is -1.96. The Bertz CT molecular complexity index is 808. The molecule has 0 bridgehead atoms. The highest BCUT2D eigenvalue weighted by Gasteiger charge is 2.28. The van der Waals surface area contributed by atoms with Gasteiger partial charge in [0.25, 0.3) is 5.91 Å². The van der Waals surface area contributed by atoms with Crippen LogP contribution in [0.1, 0.15) is 30.3 Å². The number of thiazole rings is 1. The lowest BCUT2D eigenvalue weighted by Crippen LogP contribution is -2.45. The number of carbonyl (C=O) groups excluding carboxylic acids is 1. The molecule has 158 valence electrons. The Labute approximate surface area is 178 Å². The molecule has 1 aromatic carbocycles. The Kier molecular flexibility index (Phi) is 7.64. The van der Waals surface area contributed by atoms with E-state index in [1.54, 1.807) is 7.11 Å². The number of ether oxygens (including phenoxy) is 1. The maximum atomic E-state index is 13.3. The summed E-state index contributed by atoms with van der Waals surface area (Å²) in [6, 6.07) is 8.24. The molecule has 2 aromatic rings. The van der Waals surface area contributed by atoms with Gasteiger partial charge in [0.1, 0.15) is 16.5 Å². The molecule has 0 saturated carbocycles. The number of amides is 1. The van der Waals surface area contributed by atoms with Crippen molar-refractivity contribution in [1.82, 2.24) is 19.7 Å². The van der Waals surface area contributed by atoms with E-state index in [0.717, 1.165) is 48.9 Å². The molecule has 1 aliphatic heterocycles. The summed E-state index contributed by atoms with van der Waals surface area (Å²) in [6.07, 6.45) is 2.37. The number of likely N-dealkylation sites (N-methyl/N-ethyl adjacent to an activating group) is 2. The van der Waals surface area contributed by atoms with Crippen LogP contribution in [0, 0.1) is 0 Å². The first-order valence-corrected chi connectivity index (χ1v) is 11.2. The van der Waals surface area contributed by atoms with Gasteiger partial charge in [-0.15, -0.1) is 11.3 Å². The molecule has 1 aromatic heterocycles. The molecule has 1 aliphatic rings. The van der Waals surface area contributed by atoms with Crippen molar-refractivity contribution >= 4 is 17.2 Å². The van der Waals surface area contributed by atoms with Crippen LogP contribution in [0.15, 0.2) is 29.6 Å². The summed E-state index contributed by atoms with van der Waals surface area (Å²) in [4.78, 5) is 24.6. The van der Waals surface area contributed by atoms with E-state index in [0.29, 0.717) is 18.3 Å². The van der Waals surface area contributed by atoms with Crippen molar-refractivity contribution in [3.05, 3.63) is 35.3 Å². The Morgan fingerprint density at radius 2 is 2.10 bits per heavy atom. The van der Waals surface area contributed by atoms with Gasteiger partial charge < -0.3 is 14.5 Å². The van der Waals surface area contributed by atoms with E-state index in [1.807, 2.05) is 48.6 Å². The van der Waals surface area contributed by atoms with Gasteiger partial charge in [-0.3, -0.25) is 9.69 Å². The molecule has 6 nitrogen and oxygen atoms in total. The van der Waals surface area contributed by atoms with Gasteiger partial charge in [-0.2, -0.15) is 0 Å². The zero-order chi connectivity index (χ0) is 20.8. The summed E-state index contributed by atoms with van der Waals surface area (Å²) >= 11 is 1.49. The first-order valence-electron chi connectivity index (χ1n) is 10.3. The smallest absolute Gasteiger partial charge is 0.273 e. The predicted molar refractivity (Wildman–Crippen MR) is 119 cm³/mol. The summed E-state index contributed by atoms with van der Waals surface area (Å²) in [5.41, 5.74) is 1.45.